The molecule has 0 aliphatic carbocycles. The predicted octanol–water partition coefficient (Wildman–Crippen LogP) is 2.91. The van der Waals surface area contributed by atoms with Crippen LogP contribution in [0.2, 0.25) is 0 Å². The molecule has 3 heterocycles. The van der Waals surface area contributed by atoms with Crippen molar-refractivity contribution in [1.82, 2.24) is 14.6 Å². The fraction of sp³-hybridized carbons (Fsp3) is 0.294. The number of hydrogen-bond donors (Lipinski definition) is 0. The summed E-state index contributed by atoms with van der Waals surface area (Å²) in [4.78, 5) is 6.95. The Morgan fingerprint density at radius 3 is 2.90 bits per heavy atom. The summed E-state index contributed by atoms with van der Waals surface area (Å²) < 4.78 is 1.92. The van der Waals surface area contributed by atoms with E-state index in [1.54, 1.807) is 0 Å². The summed E-state index contributed by atoms with van der Waals surface area (Å²) >= 11 is 0. The van der Waals surface area contributed by atoms with Crippen LogP contribution in [-0.2, 0) is 13.0 Å². The number of hydrogen-bond acceptors (Lipinski definition) is 3. The third-order valence-corrected chi connectivity index (χ3v) is 4.17. The average Bonchev–Trinajstić information content (AvgIpc) is 2.86. The van der Waals surface area contributed by atoms with Crippen LogP contribution in [0.25, 0.3) is 5.52 Å². The lowest BCUT2D eigenvalue weighted by molar-refractivity contribution is 0.719. The van der Waals surface area contributed by atoms with Gasteiger partial charge in [-0.1, -0.05) is 23.8 Å². The zero-order chi connectivity index (χ0) is 14.4. The first kappa shape index (κ1) is 12.4. The number of nitrogens with zero attached hydrogens (tertiary/aromatic N) is 4. The second kappa shape index (κ2) is 4.58. The van der Waals surface area contributed by atoms with E-state index in [1.807, 2.05) is 23.8 Å². The van der Waals surface area contributed by atoms with Crippen molar-refractivity contribution in [3.8, 4) is 0 Å². The molecule has 0 bridgehead atoms. The molecule has 0 unspecified atom stereocenters. The number of fused-ring (bicyclic) bond motifs is 2. The highest BCUT2D eigenvalue weighted by Gasteiger charge is 2.19. The summed E-state index contributed by atoms with van der Waals surface area (Å²) in [7, 11) is 0. The van der Waals surface area contributed by atoms with Gasteiger partial charge in [-0.15, -0.1) is 0 Å². The van der Waals surface area contributed by atoms with E-state index in [0.717, 1.165) is 36.5 Å². The summed E-state index contributed by atoms with van der Waals surface area (Å²) in [5, 5.41) is 4.47. The third kappa shape index (κ3) is 2.07. The van der Waals surface area contributed by atoms with Crippen molar-refractivity contribution in [3.05, 3.63) is 59.0 Å². The molecule has 4 heteroatoms. The number of aryl methyl sites for hydroxylation is 2. The van der Waals surface area contributed by atoms with Gasteiger partial charge in [0.1, 0.15) is 5.52 Å². The highest BCUT2D eigenvalue weighted by Crippen LogP contribution is 2.26. The van der Waals surface area contributed by atoms with Gasteiger partial charge in [0.2, 0.25) is 0 Å². The van der Waals surface area contributed by atoms with Crippen LogP contribution in [0.5, 0.6) is 0 Å². The van der Waals surface area contributed by atoms with Crippen LogP contribution in [-0.4, -0.2) is 21.1 Å². The zero-order valence-electron chi connectivity index (χ0n) is 12.4. The second-order valence-corrected chi connectivity index (χ2v) is 5.81. The van der Waals surface area contributed by atoms with Crippen molar-refractivity contribution < 1.29 is 0 Å². The molecule has 4 nitrogen and oxygen atoms in total. The van der Waals surface area contributed by atoms with Gasteiger partial charge in [-0.25, -0.2) is 9.50 Å². The molecule has 0 amide bonds. The molecule has 1 aromatic carbocycles. The van der Waals surface area contributed by atoms with Crippen LogP contribution < -0.4 is 4.90 Å². The predicted molar refractivity (Wildman–Crippen MR) is 83.7 cm³/mol. The first-order valence-electron chi connectivity index (χ1n) is 7.35. The van der Waals surface area contributed by atoms with Crippen molar-refractivity contribution in [2.24, 2.45) is 0 Å². The van der Waals surface area contributed by atoms with Gasteiger partial charge in [0.05, 0.1) is 5.69 Å². The maximum atomic E-state index is 4.60. The molecule has 0 N–H and O–H groups in total. The quantitative estimate of drug-likeness (QED) is 0.686. The van der Waals surface area contributed by atoms with E-state index in [2.05, 4.69) is 46.2 Å². The molecule has 0 radical (unpaired) electrons. The minimum Gasteiger partial charge on any atom is -0.350 e. The molecule has 4 rings (SSSR count). The number of aromatic nitrogens is 3. The lowest BCUT2D eigenvalue weighted by Gasteiger charge is -2.30. The molecule has 0 spiro atoms. The molecular formula is C17H18N4. The van der Waals surface area contributed by atoms with E-state index >= 15 is 0 Å². The van der Waals surface area contributed by atoms with Gasteiger partial charge in [-0.2, -0.15) is 5.10 Å². The van der Waals surface area contributed by atoms with Crippen LogP contribution >= 0.6 is 0 Å². The van der Waals surface area contributed by atoms with E-state index in [-0.39, 0.29) is 0 Å². The molecule has 1 aliphatic heterocycles. The summed E-state index contributed by atoms with van der Waals surface area (Å²) in [6.45, 7) is 6.11. The largest absolute Gasteiger partial charge is 0.350 e. The molecule has 0 saturated carbocycles. The Balaban J connectivity index is 1.75. The van der Waals surface area contributed by atoms with Gasteiger partial charge in [-0.3, -0.25) is 0 Å². The van der Waals surface area contributed by atoms with Crippen molar-refractivity contribution in [2.45, 2.75) is 26.8 Å². The van der Waals surface area contributed by atoms with Gasteiger partial charge in [-0.05, 0) is 37.5 Å². The van der Waals surface area contributed by atoms with E-state index < -0.39 is 0 Å². The normalized spacial score (nSPS) is 14.5. The van der Waals surface area contributed by atoms with Crippen LogP contribution in [0.1, 0.15) is 22.4 Å². The lowest BCUT2D eigenvalue weighted by Crippen LogP contribution is -2.31. The second-order valence-electron chi connectivity index (χ2n) is 5.81. The Morgan fingerprint density at radius 2 is 2.00 bits per heavy atom. The first-order chi connectivity index (χ1) is 10.2. The van der Waals surface area contributed by atoms with Gasteiger partial charge in [0.15, 0.2) is 5.82 Å². The average molecular weight is 278 g/mol. The van der Waals surface area contributed by atoms with Crippen LogP contribution in [0.4, 0.5) is 5.82 Å². The van der Waals surface area contributed by atoms with Gasteiger partial charge < -0.3 is 4.90 Å². The molecular weight excluding hydrogens is 260 g/mol. The highest BCUT2D eigenvalue weighted by molar-refractivity contribution is 5.69. The summed E-state index contributed by atoms with van der Waals surface area (Å²) in [5.41, 5.74) is 6.34. The maximum absolute atomic E-state index is 4.60. The fourth-order valence-electron chi connectivity index (χ4n) is 3.14. The standard InChI is InChI=1S/C17H18N4/c1-12-3-4-15-11-20(7-5-14(15)9-12)17-16-10-13(2)19-21(16)8-6-18-17/h3-4,6,8-10H,5,7,11H2,1-2H3. The Morgan fingerprint density at radius 1 is 1.10 bits per heavy atom. The first-order valence-corrected chi connectivity index (χ1v) is 7.35. The summed E-state index contributed by atoms with van der Waals surface area (Å²) in [6, 6.07) is 8.86. The van der Waals surface area contributed by atoms with E-state index in [9.17, 15) is 0 Å². The maximum Gasteiger partial charge on any atom is 0.155 e. The number of rotatable bonds is 1. The van der Waals surface area contributed by atoms with Crippen molar-refractivity contribution in [3.63, 3.8) is 0 Å². The minimum atomic E-state index is 0.923. The molecule has 0 saturated heterocycles. The van der Waals surface area contributed by atoms with Gasteiger partial charge in [0, 0.05) is 25.5 Å². The van der Waals surface area contributed by atoms with Crippen molar-refractivity contribution in [2.75, 3.05) is 11.4 Å². The molecule has 2 aromatic heterocycles. The number of benzene rings is 1. The van der Waals surface area contributed by atoms with Crippen LogP contribution in [0, 0.1) is 13.8 Å². The van der Waals surface area contributed by atoms with E-state index in [1.165, 1.54) is 16.7 Å². The fourth-order valence-corrected chi connectivity index (χ4v) is 3.14. The molecule has 21 heavy (non-hydrogen) atoms. The molecule has 0 fully saturated rings. The minimum absolute atomic E-state index is 0.923. The topological polar surface area (TPSA) is 33.4 Å². The highest BCUT2D eigenvalue weighted by atomic mass is 15.3. The molecule has 0 atom stereocenters. The Bertz CT molecular complexity index is 819. The van der Waals surface area contributed by atoms with E-state index in [4.69, 9.17) is 0 Å². The lowest BCUT2D eigenvalue weighted by atomic mass is 9.98. The Labute approximate surface area is 124 Å². The van der Waals surface area contributed by atoms with Crippen molar-refractivity contribution in [1.29, 1.82) is 0 Å². The van der Waals surface area contributed by atoms with E-state index in [0.29, 0.717) is 0 Å². The summed E-state index contributed by atoms with van der Waals surface area (Å²) in [6.07, 6.45) is 4.82. The SMILES string of the molecule is Cc1ccc2c(c1)CCN(c1nccn3nc(C)cc13)C2. The van der Waals surface area contributed by atoms with Crippen LogP contribution in [0.3, 0.4) is 0 Å². The Hall–Kier alpha value is -2.36. The zero-order valence-corrected chi connectivity index (χ0v) is 12.4. The molecule has 1 aliphatic rings. The van der Waals surface area contributed by atoms with Gasteiger partial charge in [0.25, 0.3) is 0 Å². The number of anilines is 1. The summed E-state index contributed by atoms with van der Waals surface area (Å²) in [5.74, 6) is 1.03. The van der Waals surface area contributed by atoms with Gasteiger partial charge >= 0.3 is 0 Å². The molecule has 3 aromatic rings. The monoisotopic (exact) mass is 278 g/mol. The Kier molecular flexibility index (Phi) is 2.70. The van der Waals surface area contributed by atoms with Crippen molar-refractivity contribution >= 4 is 11.3 Å². The smallest absolute Gasteiger partial charge is 0.155 e. The third-order valence-electron chi connectivity index (χ3n) is 4.17. The molecule has 106 valence electrons. The van der Waals surface area contributed by atoms with Crippen LogP contribution in [0.15, 0.2) is 36.7 Å².